The molecule has 1 unspecified atom stereocenters. The van der Waals surface area contributed by atoms with Crippen LogP contribution in [-0.2, 0) is 28.2 Å². The normalized spacial score (nSPS) is 15.9. The minimum atomic E-state index is -3.35. The van der Waals surface area contributed by atoms with Gasteiger partial charge in [0.1, 0.15) is 4.21 Å². The molecule has 3 rings (SSSR count). The molecule has 3 N–H and O–H groups in total. The highest BCUT2D eigenvalue weighted by molar-refractivity contribution is 7.93. The number of fused-ring (bicyclic) bond motifs is 1. The number of rotatable bonds is 2. The van der Waals surface area contributed by atoms with Crippen LogP contribution in [-0.4, -0.2) is 20.2 Å². The summed E-state index contributed by atoms with van der Waals surface area (Å²) in [4.78, 5) is 21.4. The topological polar surface area (TPSA) is 110 Å². The summed E-state index contributed by atoms with van der Waals surface area (Å²) < 4.78 is 16.9. The van der Waals surface area contributed by atoms with E-state index in [2.05, 4.69) is 19.6 Å². The van der Waals surface area contributed by atoms with Gasteiger partial charge in [0.05, 0.1) is 16.9 Å². The maximum atomic E-state index is 12.8. The van der Waals surface area contributed by atoms with Crippen LogP contribution in [0.4, 0.5) is 10.5 Å². The summed E-state index contributed by atoms with van der Waals surface area (Å²) in [6.07, 6.45) is 4.22. The van der Waals surface area contributed by atoms with Gasteiger partial charge in [-0.3, -0.25) is 4.98 Å². The molecule has 0 saturated heterocycles. The smallest absolute Gasteiger partial charge is 0.305 e. The summed E-state index contributed by atoms with van der Waals surface area (Å²) in [6.45, 7) is 9.85. The van der Waals surface area contributed by atoms with Crippen LogP contribution in [0.15, 0.2) is 14.8 Å². The number of pyridine rings is 1. The lowest BCUT2D eigenvalue weighted by Gasteiger charge is -2.14. The second-order valence-corrected chi connectivity index (χ2v) is 10.8. The Morgan fingerprint density at radius 3 is 2.67 bits per heavy atom. The van der Waals surface area contributed by atoms with Crippen LogP contribution in [0.2, 0.25) is 0 Å². The van der Waals surface area contributed by atoms with Crippen LogP contribution >= 0.6 is 11.3 Å². The number of hydrogen-bond acceptors (Lipinski definition) is 5. The highest BCUT2D eigenvalue weighted by Gasteiger charge is 2.23. The van der Waals surface area contributed by atoms with Crippen molar-refractivity contribution >= 4 is 33.0 Å². The third kappa shape index (κ3) is 4.04. The number of nitrogens with one attached hydrogen (secondary N) is 1. The van der Waals surface area contributed by atoms with Crippen LogP contribution in [0.25, 0.3) is 0 Å². The molecule has 27 heavy (non-hydrogen) atoms. The van der Waals surface area contributed by atoms with Crippen molar-refractivity contribution in [2.24, 2.45) is 9.50 Å². The van der Waals surface area contributed by atoms with E-state index in [0.29, 0.717) is 4.21 Å². The third-order valence-corrected chi connectivity index (χ3v) is 7.88. The summed E-state index contributed by atoms with van der Waals surface area (Å²) in [5.41, 5.74) is 4.36. The molecule has 2 aromatic heterocycles. The van der Waals surface area contributed by atoms with E-state index in [0.717, 1.165) is 52.5 Å². The number of hydrogen-bond donors (Lipinski definition) is 2. The Bertz CT molecular complexity index is 1030. The number of nitrogens with zero attached hydrogens (tertiary/aromatic N) is 3. The van der Waals surface area contributed by atoms with Gasteiger partial charge in [0, 0.05) is 16.8 Å². The molecule has 0 saturated carbocycles. The van der Waals surface area contributed by atoms with Crippen LogP contribution < -0.4 is 10.5 Å². The first-order chi connectivity index (χ1) is 12.5. The molecule has 146 valence electrons. The molecule has 1 atom stereocenters. The minimum Gasteiger partial charge on any atom is -0.305 e. The third-order valence-electron chi connectivity index (χ3n) is 4.58. The molecule has 2 amide bonds. The number of carbonyl (C=O) groups excluding carboxylic acids is 1. The molecule has 0 radical (unpaired) electrons. The van der Waals surface area contributed by atoms with E-state index in [1.807, 2.05) is 34.6 Å². The predicted molar refractivity (Wildman–Crippen MR) is 109 cm³/mol. The molecule has 7 nitrogen and oxygen atoms in total. The van der Waals surface area contributed by atoms with Crippen molar-refractivity contribution < 1.29 is 9.00 Å². The number of anilines is 1. The first-order valence-corrected chi connectivity index (χ1v) is 11.2. The molecule has 2 heterocycles. The van der Waals surface area contributed by atoms with E-state index in [-0.39, 0.29) is 5.41 Å². The van der Waals surface area contributed by atoms with Gasteiger partial charge in [0.15, 0.2) is 9.92 Å². The SMILES string of the molecule is Cc1nc2c(c(NC(=O)N=S(N)(=O)c3cnc(C(C)(C)C)s3)c1C)CCC2. The number of carbonyl (C=O) groups is 1. The predicted octanol–water partition coefficient (Wildman–Crippen LogP) is 3.87. The summed E-state index contributed by atoms with van der Waals surface area (Å²) >= 11 is 1.23. The lowest BCUT2D eigenvalue weighted by atomic mass is 9.98. The molecule has 1 aliphatic rings. The standard InChI is InChI=1S/C18H25N5O2S2/c1-10-11(2)21-13-8-6-7-12(13)15(10)22-17(24)23-27(19,25)14-9-20-16(26-14)18(3,4)5/h9H,6-8H2,1-5H3,(H3,19,21,22,23,24,25). The Hall–Kier alpha value is -1.84. The summed E-state index contributed by atoms with van der Waals surface area (Å²) in [5, 5.41) is 9.48. The van der Waals surface area contributed by atoms with Crippen LogP contribution in [0.3, 0.4) is 0 Å². The molecule has 0 fully saturated rings. The zero-order chi connectivity index (χ0) is 20.0. The number of thiazole rings is 1. The second kappa shape index (κ2) is 6.96. The minimum absolute atomic E-state index is 0.188. The quantitative estimate of drug-likeness (QED) is 0.787. The van der Waals surface area contributed by atoms with E-state index in [1.54, 1.807) is 0 Å². The number of aryl methyl sites for hydroxylation is 2. The molecule has 9 heteroatoms. The second-order valence-electron chi connectivity index (χ2n) is 7.80. The van der Waals surface area contributed by atoms with Crippen molar-refractivity contribution in [3.63, 3.8) is 0 Å². The average molecular weight is 408 g/mol. The van der Waals surface area contributed by atoms with Gasteiger partial charge in [-0.25, -0.2) is 19.1 Å². The maximum absolute atomic E-state index is 12.8. The van der Waals surface area contributed by atoms with Gasteiger partial charge in [0.25, 0.3) is 0 Å². The van der Waals surface area contributed by atoms with Gasteiger partial charge in [-0.1, -0.05) is 20.8 Å². The van der Waals surface area contributed by atoms with Crippen molar-refractivity contribution in [2.45, 2.75) is 63.5 Å². The van der Waals surface area contributed by atoms with Crippen LogP contribution in [0, 0.1) is 13.8 Å². The van der Waals surface area contributed by atoms with Crippen molar-refractivity contribution in [1.82, 2.24) is 9.97 Å². The van der Waals surface area contributed by atoms with E-state index in [4.69, 9.17) is 5.14 Å². The van der Waals surface area contributed by atoms with Crippen LogP contribution in [0.1, 0.15) is 54.7 Å². The summed E-state index contributed by atoms with van der Waals surface area (Å²) in [7, 11) is -3.35. The number of amides is 2. The molecule has 2 aromatic rings. The fraction of sp³-hybridized carbons (Fsp3) is 0.500. The average Bonchev–Trinajstić information content (AvgIpc) is 3.19. The molecule has 1 aliphatic carbocycles. The molecule has 0 aliphatic heterocycles. The number of aromatic nitrogens is 2. The van der Waals surface area contributed by atoms with Crippen molar-refractivity contribution in [3.8, 4) is 0 Å². The number of urea groups is 1. The molecule has 0 bridgehead atoms. The Labute approximate surface area is 164 Å². The lowest BCUT2D eigenvalue weighted by Crippen LogP contribution is -2.18. The number of nitrogens with two attached hydrogens (primary N) is 1. The molecule has 0 aromatic carbocycles. The molecular weight excluding hydrogens is 382 g/mol. The Kier molecular flexibility index (Phi) is 5.13. The monoisotopic (exact) mass is 407 g/mol. The lowest BCUT2D eigenvalue weighted by molar-refractivity contribution is 0.260. The van der Waals surface area contributed by atoms with Crippen molar-refractivity contribution in [3.05, 3.63) is 33.7 Å². The van der Waals surface area contributed by atoms with Gasteiger partial charge < -0.3 is 5.32 Å². The molecule has 0 spiro atoms. The van der Waals surface area contributed by atoms with E-state index < -0.39 is 15.9 Å². The van der Waals surface area contributed by atoms with Gasteiger partial charge in [0.2, 0.25) is 0 Å². The highest BCUT2D eigenvalue weighted by Crippen LogP contribution is 2.32. The maximum Gasteiger partial charge on any atom is 0.354 e. The van der Waals surface area contributed by atoms with E-state index >= 15 is 0 Å². The van der Waals surface area contributed by atoms with Gasteiger partial charge in [-0.2, -0.15) is 0 Å². The van der Waals surface area contributed by atoms with E-state index in [1.165, 1.54) is 17.5 Å². The summed E-state index contributed by atoms with van der Waals surface area (Å²) in [5.74, 6) is 0. The fourth-order valence-electron chi connectivity index (χ4n) is 3.02. The van der Waals surface area contributed by atoms with E-state index in [9.17, 15) is 9.00 Å². The van der Waals surface area contributed by atoms with Gasteiger partial charge >= 0.3 is 6.03 Å². The zero-order valence-electron chi connectivity index (χ0n) is 16.3. The first-order valence-electron chi connectivity index (χ1n) is 8.80. The Morgan fingerprint density at radius 2 is 2.04 bits per heavy atom. The highest BCUT2D eigenvalue weighted by atomic mass is 32.2. The Balaban J connectivity index is 1.91. The molecular formula is C18H25N5O2S2. The van der Waals surface area contributed by atoms with Crippen molar-refractivity contribution in [1.29, 1.82) is 0 Å². The fourth-order valence-corrected chi connectivity index (χ4v) is 5.14. The first kappa shape index (κ1) is 19.9. The largest absolute Gasteiger partial charge is 0.354 e. The van der Waals surface area contributed by atoms with Crippen LogP contribution in [0.5, 0.6) is 0 Å². The van der Waals surface area contributed by atoms with Gasteiger partial charge in [-0.15, -0.1) is 15.7 Å². The Morgan fingerprint density at radius 1 is 1.33 bits per heavy atom. The summed E-state index contributed by atoms with van der Waals surface area (Å²) in [6, 6.07) is -0.712. The zero-order valence-corrected chi connectivity index (χ0v) is 17.9. The van der Waals surface area contributed by atoms with Gasteiger partial charge in [-0.05, 0) is 44.2 Å². The van der Waals surface area contributed by atoms with Crippen molar-refractivity contribution in [2.75, 3.05) is 5.32 Å².